The first-order valence-corrected chi connectivity index (χ1v) is 6.70. The third-order valence-corrected chi connectivity index (χ3v) is 3.13. The van der Waals surface area contributed by atoms with Crippen LogP contribution in [0.25, 0.3) is 0 Å². The maximum absolute atomic E-state index is 11.7. The molecule has 1 unspecified atom stereocenters. The highest BCUT2D eigenvalue weighted by atomic mass is 16.2. The minimum Gasteiger partial charge on any atom is -0.348 e. The van der Waals surface area contributed by atoms with Crippen molar-refractivity contribution in [2.75, 3.05) is 19.6 Å². The van der Waals surface area contributed by atoms with E-state index in [9.17, 15) is 4.79 Å². The summed E-state index contributed by atoms with van der Waals surface area (Å²) in [6.45, 7) is 9.66. The van der Waals surface area contributed by atoms with Gasteiger partial charge in [-0.2, -0.15) is 5.10 Å². The minimum absolute atomic E-state index is 0.0807. The van der Waals surface area contributed by atoms with E-state index in [4.69, 9.17) is 0 Å². The van der Waals surface area contributed by atoms with Gasteiger partial charge in [-0.1, -0.05) is 13.8 Å². The molecular weight excluding hydrogens is 228 g/mol. The first-order chi connectivity index (χ1) is 8.67. The van der Waals surface area contributed by atoms with E-state index in [1.807, 2.05) is 6.92 Å². The largest absolute Gasteiger partial charge is 0.348 e. The van der Waals surface area contributed by atoms with Crippen molar-refractivity contribution in [1.29, 1.82) is 0 Å². The van der Waals surface area contributed by atoms with E-state index in [2.05, 4.69) is 34.3 Å². The Kier molecular flexibility index (Phi) is 6.43. The predicted octanol–water partition coefficient (Wildman–Crippen LogP) is 1.65. The number of hydrogen-bond donors (Lipinski definition) is 2. The van der Waals surface area contributed by atoms with Gasteiger partial charge in [0.25, 0.3) is 5.91 Å². The number of carbonyl (C=O) groups is 1. The molecule has 1 aromatic rings. The van der Waals surface area contributed by atoms with Crippen molar-refractivity contribution < 1.29 is 4.79 Å². The lowest BCUT2D eigenvalue weighted by atomic mass is 10.1. The monoisotopic (exact) mass is 252 g/mol. The van der Waals surface area contributed by atoms with E-state index >= 15 is 0 Å². The van der Waals surface area contributed by atoms with Crippen LogP contribution in [0.3, 0.4) is 0 Å². The minimum atomic E-state index is -0.0807. The highest BCUT2D eigenvalue weighted by Gasteiger charge is 2.10. The van der Waals surface area contributed by atoms with Crippen LogP contribution in [0.2, 0.25) is 0 Å². The number of rotatable bonds is 8. The number of nitrogens with one attached hydrogen (secondary N) is 2. The van der Waals surface area contributed by atoms with E-state index in [1.165, 1.54) is 0 Å². The summed E-state index contributed by atoms with van der Waals surface area (Å²) in [4.78, 5) is 14.1. The Balaban J connectivity index is 2.21. The fraction of sp³-hybridized carbons (Fsp3) is 0.692. The molecule has 2 N–H and O–H groups in total. The van der Waals surface area contributed by atoms with Crippen LogP contribution >= 0.6 is 0 Å². The zero-order valence-corrected chi connectivity index (χ0v) is 11.6. The van der Waals surface area contributed by atoms with Gasteiger partial charge < -0.3 is 10.2 Å². The second kappa shape index (κ2) is 7.87. The third kappa shape index (κ3) is 4.87. The summed E-state index contributed by atoms with van der Waals surface area (Å²) in [5.74, 6) is -0.0807. The summed E-state index contributed by atoms with van der Waals surface area (Å²) >= 11 is 0. The highest BCUT2D eigenvalue weighted by molar-refractivity contribution is 5.92. The zero-order chi connectivity index (χ0) is 13.4. The van der Waals surface area contributed by atoms with E-state index < -0.39 is 0 Å². The van der Waals surface area contributed by atoms with Gasteiger partial charge in [0, 0.05) is 12.2 Å². The number of nitrogens with zero attached hydrogens (tertiary/aromatic N) is 2. The number of H-pyrrole nitrogens is 1. The van der Waals surface area contributed by atoms with Crippen molar-refractivity contribution in [2.45, 2.75) is 39.7 Å². The fourth-order valence-electron chi connectivity index (χ4n) is 1.92. The van der Waals surface area contributed by atoms with Gasteiger partial charge in [0.2, 0.25) is 0 Å². The van der Waals surface area contributed by atoms with Crippen molar-refractivity contribution in [2.24, 2.45) is 0 Å². The van der Waals surface area contributed by atoms with E-state index in [0.717, 1.165) is 32.5 Å². The molecule has 0 radical (unpaired) electrons. The summed E-state index contributed by atoms with van der Waals surface area (Å²) in [7, 11) is 0. The maximum Gasteiger partial charge on any atom is 0.269 e. The SMILES string of the molecule is CCN(CC)CCCC(C)NC(=O)c1ccn[nH]1. The van der Waals surface area contributed by atoms with Crippen LogP contribution < -0.4 is 5.32 Å². The van der Waals surface area contributed by atoms with Crippen LogP contribution in [0.15, 0.2) is 12.3 Å². The second-order valence-corrected chi connectivity index (χ2v) is 4.51. The molecule has 0 saturated heterocycles. The summed E-state index contributed by atoms with van der Waals surface area (Å²) in [5, 5.41) is 9.39. The number of hydrogen-bond acceptors (Lipinski definition) is 3. The molecule has 0 fully saturated rings. The normalized spacial score (nSPS) is 12.7. The molecular formula is C13H24N4O. The summed E-state index contributed by atoms with van der Waals surface area (Å²) in [6, 6.07) is 1.87. The maximum atomic E-state index is 11.7. The molecule has 0 saturated carbocycles. The number of carbonyl (C=O) groups excluding carboxylic acids is 1. The van der Waals surface area contributed by atoms with Gasteiger partial charge in [-0.15, -0.1) is 0 Å². The summed E-state index contributed by atoms with van der Waals surface area (Å²) < 4.78 is 0. The highest BCUT2D eigenvalue weighted by Crippen LogP contribution is 2.01. The van der Waals surface area contributed by atoms with Gasteiger partial charge in [-0.25, -0.2) is 0 Å². The number of aromatic amines is 1. The zero-order valence-electron chi connectivity index (χ0n) is 11.6. The lowest BCUT2D eigenvalue weighted by Gasteiger charge is -2.19. The van der Waals surface area contributed by atoms with E-state index in [-0.39, 0.29) is 11.9 Å². The third-order valence-electron chi connectivity index (χ3n) is 3.13. The lowest BCUT2D eigenvalue weighted by molar-refractivity contribution is 0.0932. The standard InChI is InChI=1S/C13H24N4O/c1-4-17(5-2)10-6-7-11(3)15-13(18)12-8-9-14-16-12/h8-9,11H,4-7,10H2,1-3H3,(H,14,16)(H,15,18). The molecule has 1 rings (SSSR count). The van der Waals surface area contributed by atoms with Crippen LogP contribution in [-0.4, -0.2) is 46.7 Å². The topological polar surface area (TPSA) is 61.0 Å². The number of aromatic nitrogens is 2. The Bertz CT molecular complexity index is 333. The Morgan fingerprint density at radius 2 is 2.22 bits per heavy atom. The predicted molar refractivity (Wildman–Crippen MR) is 72.5 cm³/mol. The molecule has 0 aromatic carbocycles. The Labute approximate surface area is 109 Å². The molecule has 102 valence electrons. The molecule has 1 heterocycles. The van der Waals surface area contributed by atoms with E-state index in [0.29, 0.717) is 5.69 Å². The smallest absolute Gasteiger partial charge is 0.269 e. The molecule has 0 aliphatic heterocycles. The first-order valence-electron chi connectivity index (χ1n) is 6.70. The average Bonchev–Trinajstić information content (AvgIpc) is 2.88. The van der Waals surface area contributed by atoms with Crippen LogP contribution in [0, 0.1) is 0 Å². The van der Waals surface area contributed by atoms with Gasteiger partial charge >= 0.3 is 0 Å². The second-order valence-electron chi connectivity index (χ2n) is 4.51. The fourth-order valence-corrected chi connectivity index (χ4v) is 1.92. The van der Waals surface area contributed by atoms with Crippen LogP contribution in [0.4, 0.5) is 0 Å². The van der Waals surface area contributed by atoms with Gasteiger partial charge in [-0.05, 0) is 45.5 Å². The van der Waals surface area contributed by atoms with Crippen LogP contribution in [0.5, 0.6) is 0 Å². The van der Waals surface area contributed by atoms with Gasteiger partial charge in [-0.3, -0.25) is 9.89 Å². The first kappa shape index (κ1) is 14.7. The molecule has 18 heavy (non-hydrogen) atoms. The molecule has 0 bridgehead atoms. The summed E-state index contributed by atoms with van der Waals surface area (Å²) in [5.41, 5.74) is 0.519. The van der Waals surface area contributed by atoms with Crippen LogP contribution in [-0.2, 0) is 0 Å². The molecule has 1 amide bonds. The van der Waals surface area contributed by atoms with Gasteiger partial charge in [0.15, 0.2) is 0 Å². The number of amides is 1. The molecule has 1 aromatic heterocycles. The molecule has 5 heteroatoms. The Morgan fingerprint density at radius 3 is 2.78 bits per heavy atom. The van der Waals surface area contributed by atoms with E-state index in [1.54, 1.807) is 12.3 Å². The quantitative estimate of drug-likeness (QED) is 0.739. The molecule has 0 aliphatic rings. The van der Waals surface area contributed by atoms with Crippen molar-refractivity contribution in [3.8, 4) is 0 Å². The van der Waals surface area contributed by atoms with Gasteiger partial charge in [0.05, 0.1) is 0 Å². The van der Waals surface area contributed by atoms with Gasteiger partial charge in [0.1, 0.15) is 5.69 Å². The molecule has 5 nitrogen and oxygen atoms in total. The molecule has 0 spiro atoms. The Morgan fingerprint density at radius 1 is 1.50 bits per heavy atom. The van der Waals surface area contributed by atoms with Crippen molar-refractivity contribution in [1.82, 2.24) is 20.4 Å². The summed E-state index contributed by atoms with van der Waals surface area (Å²) in [6.07, 6.45) is 3.68. The average molecular weight is 252 g/mol. The van der Waals surface area contributed by atoms with Crippen molar-refractivity contribution in [3.63, 3.8) is 0 Å². The van der Waals surface area contributed by atoms with Crippen molar-refractivity contribution in [3.05, 3.63) is 18.0 Å². The lowest BCUT2D eigenvalue weighted by Crippen LogP contribution is -2.33. The molecule has 1 atom stereocenters. The molecule has 0 aliphatic carbocycles. The van der Waals surface area contributed by atoms with Crippen molar-refractivity contribution >= 4 is 5.91 Å². The van der Waals surface area contributed by atoms with Crippen LogP contribution in [0.1, 0.15) is 44.1 Å². The Hall–Kier alpha value is -1.36.